The maximum atomic E-state index is 12.5. The third-order valence-corrected chi connectivity index (χ3v) is 16.0. The van der Waals surface area contributed by atoms with E-state index in [0.717, 1.165) is 57.8 Å². The minimum absolute atomic E-state index is 0.00415. The van der Waals surface area contributed by atoms with Gasteiger partial charge < -0.3 is 20.3 Å². The van der Waals surface area contributed by atoms with Crippen LogP contribution in [0.4, 0.5) is 0 Å². The molecule has 0 aromatic carbocycles. The van der Waals surface area contributed by atoms with Crippen LogP contribution >= 0.6 is 0 Å². The second-order valence-corrected chi connectivity index (χ2v) is 23.9. The highest BCUT2D eigenvalue weighted by Crippen LogP contribution is 2.17. The number of aliphatic hydroxyl groups is 2. The summed E-state index contributed by atoms with van der Waals surface area (Å²) in [5, 5.41) is 23.2. The Morgan fingerprint density at radius 3 is 0.975 bits per heavy atom. The molecule has 0 rings (SSSR count). The summed E-state index contributed by atoms with van der Waals surface area (Å²) < 4.78 is 5.50. The van der Waals surface area contributed by atoms with Gasteiger partial charge >= 0.3 is 5.97 Å². The van der Waals surface area contributed by atoms with Gasteiger partial charge in [-0.05, 0) is 96.3 Å². The predicted octanol–water partition coefficient (Wildman–Crippen LogP) is 22.6. The van der Waals surface area contributed by atoms with E-state index in [1.807, 2.05) is 6.08 Å². The van der Waals surface area contributed by atoms with Crippen molar-refractivity contribution in [3.05, 3.63) is 60.8 Å². The second-order valence-electron chi connectivity index (χ2n) is 23.9. The van der Waals surface area contributed by atoms with Gasteiger partial charge in [0.2, 0.25) is 5.91 Å². The van der Waals surface area contributed by atoms with Gasteiger partial charge in [-0.1, -0.05) is 319 Å². The molecule has 0 fully saturated rings. The van der Waals surface area contributed by atoms with Gasteiger partial charge in [-0.3, -0.25) is 9.59 Å². The predicted molar refractivity (Wildman–Crippen MR) is 347 cm³/mol. The molecule has 6 heteroatoms. The topological polar surface area (TPSA) is 95.9 Å². The standard InChI is InChI=1S/C73H135NO5/c1-3-5-7-9-11-13-15-17-19-20-35-39-43-47-51-55-59-63-67-73(78)79-68-64-60-56-52-48-44-40-36-33-31-29-27-25-23-21-22-24-26-28-30-32-34-38-42-46-50-54-58-62-66-72(77)74-70(69-75)71(76)65-61-57-53-49-45-41-37-18-16-14-12-10-8-6-4-2/h13,15,19-21,23,27,29,61,65,70-71,75-76H,3-12,14,16-18,22,24-26,28,30-60,62-64,66-69H2,1-2H3,(H,74,77)/b15-13-,20-19-,23-21-,29-27-,65-61+. The van der Waals surface area contributed by atoms with Gasteiger partial charge in [0, 0.05) is 12.8 Å². The molecule has 0 bridgehead atoms. The molecule has 0 spiro atoms. The van der Waals surface area contributed by atoms with E-state index < -0.39 is 12.1 Å². The minimum Gasteiger partial charge on any atom is -0.466 e. The Kier molecular flexibility index (Phi) is 66.0. The maximum Gasteiger partial charge on any atom is 0.305 e. The van der Waals surface area contributed by atoms with Crippen molar-refractivity contribution in [2.24, 2.45) is 0 Å². The number of esters is 1. The van der Waals surface area contributed by atoms with Gasteiger partial charge in [-0.25, -0.2) is 0 Å². The molecule has 0 saturated carbocycles. The van der Waals surface area contributed by atoms with Crippen LogP contribution in [0.25, 0.3) is 0 Å². The van der Waals surface area contributed by atoms with Crippen LogP contribution in [0.15, 0.2) is 60.8 Å². The van der Waals surface area contributed by atoms with E-state index in [1.165, 1.54) is 283 Å². The van der Waals surface area contributed by atoms with Gasteiger partial charge in [0.15, 0.2) is 0 Å². The lowest BCUT2D eigenvalue weighted by Crippen LogP contribution is -2.45. The average molecular weight is 1110 g/mol. The van der Waals surface area contributed by atoms with E-state index in [4.69, 9.17) is 4.74 Å². The van der Waals surface area contributed by atoms with E-state index >= 15 is 0 Å². The fourth-order valence-electron chi connectivity index (χ4n) is 10.6. The summed E-state index contributed by atoms with van der Waals surface area (Å²) in [6, 6.07) is -0.630. The van der Waals surface area contributed by atoms with Crippen molar-refractivity contribution in [1.29, 1.82) is 0 Å². The average Bonchev–Trinajstić information content (AvgIpc) is 3.45. The summed E-state index contributed by atoms with van der Waals surface area (Å²) in [7, 11) is 0. The lowest BCUT2D eigenvalue weighted by Gasteiger charge is -2.20. The zero-order chi connectivity index (χ0) is 57.1. The molecule has 6 nitrogen and oxygen atoms in total. The fourth-order valence-corrected chi connectivity index (χ4v) is 10.6. The third-order valence-electron chi connectivity index (χ3n) is 16.0. The fraction of sp³-hybridized carbons (Fsp3) is 0.836. The number of ether oxygens (including phenoxy) is 1. The van der Waals surface area contributed by atoms with Crippen molar-refractivity contribution in [2.45, 2.75) is 379 Å². The molecule has 1 amide bonds. The molecule has 79 heavy (non-hydrogen) atoms. The first-order valence-corrected chi connectivity index (χ1v) is 35.1. The van der Waals surface area contributed by atoms with Gasteiger partial charge in [-0.15, -0.1) is 0 Å². The largest absolute Gasteiger partial charge is 0.466 e. The lowest BCUT2D eigenvalue weighted by atomic mass is 10.0. The summed E-state index contributed by atoms with van der Waals surface area (Å²) in [6.07, 6.45) is 90.1. The van der Waals surface area contributed by atoms with E-state index in [2.05, 4.69) is 67.8 Å². The maximum absolute atomic E-state index is 12.5. The molecular formula is C73H135NO5. The molecule has 0 saturated heterocycles. The molecule has 0 aliphatic carbocycles. The number of nitrogens with one attached hydrogen (secondary N) is 1. The van der Waals surface area contributed by atoms with Gasteiger partial charge in [0.05, 0.1) is 25.4 Å². The Morgan fingerprint density at radius 2 is 0.633 bits per heavy atom. The van der Waals surface area contributed by atoms with Crippen molar-refractivity contribution in [2.75, 3.05) is 13.2 Å². The van der Waals surface area contributed by atoms with Crippen LogP contribution < -0.4 is 5.32 Å². The zero-order valence-corrected chi connectivity index (χ0v) is 52.9. The van der Waals surface area contributed by atoms with E-state index in [9.17, 15) is 19.8 Å². The highest BCUT2D eigenvalue weighted by atomic mass is 16.5. The summed E-state index contributed by atoms with van der Waals surface area (Å²) in [4.78, 5) is 24.6. The molecule has 3 N–H and O–H groups in total. The highest BCUT2D eigenvalue weighted by Gasteiger charge is 2.18. The van der Waals surface area contributed by atoms with Crippen LogP contribution in [0.3, 0.4) is 0 Å². The van der Waals surface area contributed by atoms with Gasteiger partial charge in [-0.2, -0.15) is 0 Å². The lowest BCUT2D eigenvalue weighted by molar-refractivity contribution is -0.143. The molecule has 0 radical (unpaired) electrons. The molecular weight excluding hydrogens is 971 g/mol. The molecule has 0 heterocycles. The van der Waals surface area contributed by atoms with Crippen LogP contribution in [0, 0.1) is 0 Å². The number of amides is 1. The Morgan fingerprint density at radius 1 is 0.354 bits per heavy atom. The van der Waals surface area contributed by atoms with E-state index in [-0.39, 0.29) is 18.5 Å². The third kappa shape index (κ3) is 64.6. The Hall–Kier alpha value is -2.44. The van der Waals surface area contributed by atoms with Gasteiger partial charge in [0.1, 0.15) is 0 Å². The quantitative estimate of drug-likeness (QED) is 0.0320. The SMILES string of the molecule is CCCCCC/C=C\C/C=C\CCCCCCCCCC(=O)OCCCCCCCCCCC/C=C\C/C=C\CCCCCCCCCCCCCCCC(=O)NC(CO)C(O)/C=C/CCCCCCCCCCCCCCC. The van der Waals surface area contributed by atoms with Gasteiger partial charge in [0.25, 0.3) is 0 Å². The number of carbonyl (C=O) groups is 2. The Balaban J connectivity index is 3.42. The number of hydrogen-bond donors (Lipinski definition) is 3. The van der Waals surface area contributed by atoms with Crippen molar-refractivity contribution in [3.63, 3.8) is 0 Å². The monoisotopic (exact) mass is 1110 g/mol. The van der Waals surface area contributed by atoms with Crippen LogP contribution in [0.2, 0.25) is 0 Å². The first kappa shape index (κ1) is 76.6. The number of aliphatic hydroxyl groups excluding tert-OH is 2. The molecule has 2 atom stereocenters. The first-order valence-electron chi connectivity index (χ1n) is 35.1. The second kappa shape index (κ2) is 68.1. The number of unbranched alkanes of at least 4 members (excludes halogenated alkanes) is 46. The number of allylic oxidation sites excluding steroid dienone is 9. The molecule has 0 aliphatic rings. The zero-order valence-electron chi connectivity index (χ0n) is 52.9. The summed E-state index contributed by atoms with van der Waals surface area (Å²) in [6.45, 7) is 4.90. The molecule has 2 unspecified atom stereocenters. The van der Waals surface area contributed by atoms with Crippen LogP contribution in [0.1, 0.15) is 367 Å². The smallest absolute Gasteiger partial charge is 0.305 e. The molecule has 0 aromatic rings. The summed E-state index contributed by atoms with van der Waals surface area (Å²) in [5.41, 5.74) is 0. The minimum atomic E-state index is -0.846. The van der Waals surface area contributed by atoms with E-state index in [1.54, 1.807) is 6.08 Å². The Labute approximate surface area is 492 Å². The molecule has 0 aliphatic heterocycles. The van der Waals surface area contributed by atoms with Crippen molar-refractivity contribution < 1.29 is 24.5 Å². The van der Waals surface area contributed by atoms with Crippen LogP contribution in [-0.2, 0) is 14.3 Å². The summed E-state index contributed by atoms with van der Waals surface area (Å²) in [5.74, 6) is -0.0638. The van der Waals surface area contributed by atoms with Crippen LogP contribution in [-0.4, -0.2) is 47.4 Å². The van der Waals surface area contributed by atoms with Crippen LogP contribution in [0.5, 0.6) is 0 Å². The molecule has 0 aromatic heterocycles. The number of hydrogen-bond acceptors (Lipinski definition) is 5. The van der Waals surface area contributed by atoms with Crippen molar-refractivity contribution >= 4 is 11.9 Å². The number of rotatable bonds is 65. The normalized spacial score (nSPS) is 12.9. The number of carbonyl (C=O) groups excluding carboxylic acids is 2. The highest BCUT2D eigenvalue weighted by molar-refractivity contribution is 5.76. The summed E-state index contributed by atoms with van der Waals surface area (Å²) >= 11 is 0. The molecule has 462 valence electrons. The van der Waals surface area contributed by atoms with Crippen molar-refractivity contribution in [3.8, 4) is 0 Å². The first-order chi connectivity index (χ1) is 39.0. The van der Waals surface area contributed by atoms with E-state index in [0.29, 0.717) is 19.4 Å². The van der Waals surface area contributed by atoms with Crippen molar-refractivity contribution in [1.82, 2.24) is 5.32 Å². The Bertz CT molecular complexity index is 1370.